The van der Waals surface area contributed by atoms with Crippen molar-refractivity contribution in [3.8, 4) is 6.07 Å². The first kappa shape index (κ1) is 14.4. The van der Waals surface area contributed by atoms with Crippen LogP contribution in [0.5, 0.6) is 0 Å². The molecule has 0 saturated heterocycles. The summed E-state index contributed by atoms with van der Waals surface area (Å²) in [5.41, 5.74) is 0.425. The Morgan fingerprint density at radius 3 is 2.79 bits per heavy atom. The molecule has 100 valence electrons. The highest BCUT2D eigenvalue weighted by atomic mass is 16.6. The van der Waals surface area contributed by atoms with E-state index >= 15 is 0 Å². The smallest absolute Gasteiger partial charge is 0.293 e. The normalized spacial score (nSPS) is 9.53. The topological polar surface area (TPSA) is 99.3 Å². The van der Waals surface area contributed by atoms with E-state index in [1.807, 2.05) is 6.07 Å². The van der Waals surface area contributed by atoms with Crippen LogP contribution in [-0.4, -0.2) is 36.4 Å². The quantitative estimate of drug-likeness (QED) is 0.642. The molecule has 0 aliphatic carbocycles. The van der Waals surface area contributed by atoms with E-state index in [0.717, 1.165) is 0 Å². The summed E-state index contributed by atoms with van der Waals surface area (Å²) in [6.45, 7) is 0.289. The van der Waals surface area contributed by atoms with Gasteiger partial charge in [-0.05, 0) is 12.1 Å². The zero-order valence-corrected chi connectivity index (χ0v) is 10.7. The maximum atomic E-state index is 12.0. The molecule has 19 heavy (non-hydrogen) atoms. The molecule has 0 fully saturated rings. The molecule has 0 radical (unpaired) electrons. The van der Waals surface area contributed by atoms with E-state index in [4.69, 9.17) is 5.26 Å². The number of hydrogen-bond donors (Lipinski definition) is 1. The lowest BCUT2D eigenvalue weighted by molar-refractivity contribution is -0.384. The molecule has 1 amide bonds. The van der Waals surface area contributed by atoms with Crippen molar-refractivity contribution in [3.05, 3.63) is 33.9 Å². The molecule has 7 nitrogen and oxygen atoms in total. The molecule has 0 unspecified atom stereocenters. The largest absolute Gasteiger partial charge is 0.383 e. The Labute approximate surface area is 110 Å². The van der Waals surface area contributed by atoms with Crippen LogP contribution in [0.2, 0.25) is 0 Å². The van der Waals surface area contributed by atoms with Gasteiger partial charge in [0.05, 0.1) is 17.4 Å². The van der Waals surface area contributed by atoms with Crippen LogP contribution in [0.25, 0.3) is 0 Å². The molecule has 1 N–H and O–H groups in total. The maximum absolute atomic E-state index is 12.0. The molecule has 0 heterocycles. The lowest BCUT2D eigenvalue weighted by Gasteiger charge is -2.15. The Morgan fingerprint density at radius 2 is 2.26 bits per heavy atom. The van der Waals surface area contributed by atoms with Crippen LogP contribution in [0.3, 0.4) is 0 Å². The lowest BCUT2D eigenvalue weighted by atomic mass is 10.1. The monoisotopic (exact) mass is 262 g/mol. The Balaban J connectivity index is 3.02. The van der Waals surface area contributed by atoms with Crippen molar-refractivity contribution in [2.45, 2.75) is 6.42 Å². The van der Waals surface area contributed by atoms with Crippen LogP contribution >= 0.6 is 0 Å². The van der Waals surface area contributed by atoms with Gasteiger partial charge in [-0.2, -0.15) is 5.26 Å². The van der Waals surface area contributed by atoms with Gasteiger partial charge in [0, 0.05) is 32.3 Å². The number of amides is 1. The number of nitrogens with one attached hydrogen (secondary N) is 1. The number of benzene rings is 1. The maximum Gasteiger partial charge on any atom is 0.293 e. The van der Waals surface area contributed by atoms with Crippen molar-refractivity contribution < 1.29 is 9.72 Å². The zero-order valence-electron chi connectivity index (χ0n) is 10.7. The summed E-state index contributed by atoms with van der Waals surface area (Å²) in [7, 11) is 3.13. The van der Waals surface area contributed by atoms with Crippen LogP contribution in [0.1, 0.15) is 16.8 Å². The summed E-state index contributed by atoms with van der Waals surface area (Å²) >= 11 is 0. The second kappa shape index (κ2) is 6.35. The predicted octanol–water partition coefficient (Wildman–Crippen LogP) is 1.62. The number of nitriles is 1. The highest BCUT2D eigenvalue weighted by Crippen LogP contribution is 2.25. The summed E-state index contributed by atoms with van der Waals surface area (Å²) in [4.78, 5) is 23.7. The van der Waals surface area contributed by atoms with Gasteiger partial charge in [-0.25, -0.2) is 0 Å². The van der Waals surface area contributed by atoms with E-state index in [2.05, 4.69) is 5.32 Å². The summed E-state index contributed by atoms with van der Waals surface area (Å²) in [5.74, 6) is -0.346. The first-order chi connectivity index (χ1) is 9.01. The molecule has 1 aromatic carbocycles. The van der Waals surface area contributed by atoms with Gasteiger partial charge >= 0.3 is 0 Å². The Kier molecular flexibility index (Phi) is 4.83. The third-order valence-corrected chi connectivity index (χ3v) is 2.62. The molecule has 7 heteroatoms. The fraction of sp³-hybridized carbons (Fsp3) is 0.333. The molecular formula is C12H14N4O3. The number of hydrogen-bond acceptors (Lipinski definition) is 5. The SMILES string of the molecule is CNc1ccc(C(=O)N(C)CCC#N)cc1[N+](=O)[O-]. The van der Waals surface area contributed by atoms with E-state index in [1.165, 1.54) is 23.1 Å². The standard InChI is InChI=1S/C12H14N4O3/c1-14-10-5-4-9(8-11(10)16(18)19)12(17)15(2)7-3-6-13/h4-5,8,14H,3,7H2,1-2H3. The fourth-order valence-electron chi connectivity index (χ4n) is 1.57. The van der Waals surface area contributed by atoms with Gasteiger partial charge in [-0.15, -0.1) is 0 Å². The van der Waals surface area contributed by atoms with Crippen molar-refractivity contribution in [2.75, 3.05) is 26.0 Å². The Bertz CT molecular complexity index is 536. The van der Waals surface area contributed by atoms with Gasteiger partial charge in [0.2, 0.25) is 0 Å². The third-order valence-electron chi connectivity index (χ3n) is 2.62. The second-order valence-electron chi connectivity index (χ2n) is 3.87. The second-order valence-corrected chi connectivity index (χ2v) is 3.87. The Hall–Kier alpha value is -2.62. The van der Waals surface area contributed by atoms with Crippen LogP contribution in [0.15, 0.2) is 18.2 Å². The molecule has 1 rings (SSSR count). The average Bonchev–Trinajstić information content (AvgIpc) is 2.42. The number of nitrogens with zero attached hydrogens (tertiary/aromatic N) is 3. The van der Waals surface area contributed by atoms with Crippen molar-refractivity contribution in [1.82, 2.24) is 4.90 Å². The molecule has 0 spiro atoms. The summed E-state index contributed by atoms with van der Waals surface area (Å²) in [6, 6.07) is 6.18. The summed E-state index contributed by atoms with van der Waals surface area (Å²) in [6.07, 6.45) is 0.221. The van der Waals surface area contributed by atoms with Crippen molar-refractivity contribution in [2.24, 2.45) is 0 Å². The minimum atomic E-state index is -0.544. The average molecular weight is 262 g/mol. The van der Waals surface area contributed by atoms with Gasteiger partial charge in [-0.1, -0.05) is 0 Å². The molecule has 0 atom stereocenters. The molecule has 1 aromatic rings. The number of nitro benzene ring substituents is 1. The number of rotatable bonds is 5. The molecule has 0 saturated carbocycles. The Morgan fingerprint density at radius 1 is 1.58 bits per heavy atom. The molecule has 0 aliphatic rings. The van der Waals surface area contributed by atoms with E-state index < -0.39 is 4.92 Å². The van der Waals surface area contributed by atoms with Gasteiger partial charge < -0.3 is 10.2 Å². The molecule has 0 bridgehead atoms. The van der Waals surface area contributed by atoms with Gasteiger partial charge in [0.25, 0.3) is 11.6 Å². The molecule has 0 aromatic heterocycles. The first-order valence-electron chi connectivity index (χ1n) is 5.60. The number of nitro groups is 1. The summed E-state index contributed by atoms with van der Waals surface area (Å²) in [5, 5.41) is 22.1. The van der Waals surface area contributed by atoms with Crippen LogP contribution < -0.4 is 5.32 Å². The van der Waals surface area contributed by atoms with E-state index in [1.54, 1.807) is 14.1 Å². The highest BCUT2D eigenvalue weighted by molar-refractivity contribution is 5.95. The van der Waals surface area contributed by atoms with Gasteiger partial charge in [-0.3, -0.25) is 14.9 Å². The van der Waals surface area contributed by atoms with Crippen molar-refractivity contribution >= 4 is 17.3 Å². The minimum absolute atomic E-state index is 0.151. The summed E-state index contributed by atoms with van der Waals surface area (Å²) < 4.78 is 0. The number of carbonyl (C=O) groups excluding carboxylic acids is 1. The van der Waals surface area contributed by atoms with E-state index in [9.17, 15) is 14.9 Å². The van der Waals surface area contributed by atoms with E-state index in [-0.39, 0.29) is 30.1 Å². The van der Waals surface area contributed by atoms with Crippen LogP contribution in [-0.2, 0) is 0 Å². The minimum Gasteiger partial charge on any atom is -0.383 e. The molecule has 0 aliphatic heterocycles. The predicted molar refractivity (Wildman–Crippen MR) is 69.8 cm³/mol. The molecular weight excluding hydrogens is 248 g/mol. The third kappa shape index (κ3) is 3.42. The van der Waals surface area contributed by atoms with Gasteiger partial charge in [0.15, 0.2) is 0 Å². The highest BCUT2D eigenvalue weighted by Gasteiger charge is 2.18. The fourth-order valence-corrected chi connectivity index (χ4v) is 1.57. The lowest BCUT2D eigenvalue weighted by Crippen LogP contribution is -2.27. The van der Waals surface area contributed by atoms with Crippen molar-refractivity contribution in [3.63, 3.8) is 0 Å². The van der Waals surface area contributed by atoms with E-state index in [0.29, 0.717) is 5.69 Å². The number of anilines is 1. The van der Waals surface area contributed by atoms with Crippen LogP contribution in [0, 0.1) is 21.4 Å². The zero-order chi connectivity index (χ0) is 14.4. The van der Waals surface area contributed by atoms with Crippen LogP contribution in [0.4, 0.5) is 11.4 Å². The number of carbonyl (C=O) groups is 1. The first-order valence-corrected chi connectivity index (χ1v) is 5.60. The van der Waals surface area contributed by atoms with Gasteiger partial charge in [0.1, 0.15) is 5.69 Å². The van der Waals surface area contributed by atoms with Crippen molar-refractivity contribution in [1.29, 1.82) is 5.26 Å².